The number of pyridine rings is 1. The van der Waals surface area contributed by atoms with E-state index in [0.29, 0.717) is 22.0 Å². The maximum Gasteiger partial charge on any atom is 0.160 e. The summed E-state index contributed by atoms with van der Waals surface area (Å²) in [7, 11) is 0. The van der Waals surface area contributed by atoms with Gasteiger partial charge in [0.2, 0.25) is 0 Å². The third-order valence-corrected chi connectivity index (χ3v) is 2.80. The first-order chi connectivity index (χ1) is 9.13. The van der Waals surface area contributed by atoms with Crippen LogP contribution < -0.4 is 5.32 Å². The molecule has 0 aliphatic heterocycles. The summed E-state index contributed by atoms with van der Waals surface area (Å²) in [5.74, 6) is -1.04. The zero-order chi connectivity index (χ0) is 13.4. The van der Waals surface area contributed by atoms with Gasteiger partial charge in [0.25, 0.3) is 0 Å². The molecule has 2 aromatic heterocycles. The minimum Gasteiger partial charge on any atom is -0.337 e. The Bertz CT molecular complexity index is 739. The highest BCUT2D eigenvalue weighted by Crippen LogP contribution is 2.26. The number of hydrogen-bond acceptors (Lipinski definition) is 3. The molecule has 0 saturated carbocycles. The van der Waals surface area contributed by atoms with E-state index in [1.54, 1.807) is 12.1 Å². The van der Waals surface area contributed by atoms with Crippen molar-refractivity contribution in [2.45, 2.75) is 0 Å². The van der Waals surface area contributed by atoms with Crippen molar-refractivity contribution in [1.82, 2.24) is 15.2 Å². The monoisotopic (exact) mass is 280 g/mol. The normalized spacial score (nSPS) is 10.9. The number of rotatable bonds is 2. The number of hydrogen-bond donors (Lipinski definition) is 2. The molecule has 0 atom stereocenters. The zero-order valence-corrected chi connectivity index (χ0v) is 10.2. The molecule has 0 fully saturated rings. The lowest BCUT2D eigenvalue weighted by Gasteiger charge is -2.03. The molecule has 0 saturated heterocycles. The molecule has 0 aliphatic carbocycles. The molecule has 4 nitrogen and oxygen atoms in total. The van der Waals surface area contributed by atoms with Gasteiger partial charge in [-0.1, -0.05) is 11.6 Å². The summed E-state index contributed by atoms with van der Waals surface area (Å²) < 4.78 is 26.7. The van der Waals surface area contributed by atoms with Crippen LogP contribution in [0.25, 0.3) is 10.9 Å². The predicted molar refractivity (Wildman–Crippen MR) is 68.5 cm³/mol. The summed E-state index contributed by atoms with van der Waals surface area (Å²) in [5, 5.41) is 10.0. The average molecular weight is 281 g/mol. The highest BCUT2D eigenvalue weighted by Gasteiger charge is 2.11. The molecule has 0 bridgehead atoms. The lowest BCUT2D eigenvalue weighted by Crippen LogP contribution is -1.92. The van der Waals surface area contributed by atoms with Gasteiger partial charge < -0.3 is 5.32 Å². The van der Waals surface area contributed by atoms with Gasteiger partial charge in [-0.15, -0.1) is 0 Å². The van der Waals surface area contributed by atoms with E-state index < -0.39 is 11.6 Å². The van der Waals surface area contributed by atoms with Gasteiger partial charge in [-0.25, -0.2) is 13.8 Å². The molecule has 1 aromatic carbocycles. The Hall–Kier alpha value is -2.21. The first-order valence-electron chi connectivity index (χ1n) is 5.35. The number of anilines is 2. The number of benzene rings is 1. The van der Waals surface area contributed by atoms with Crippen LogP contribution in [0, 0.1) is 11.6 Å². The molecule has 96 valence electrons. The third-order valence-electron chi connectivity index (χ3n) is 2.58. The van der Waals surface area contributed by atoms with Gasteiger partial charge in [-0.2, -0.15) is 5.10 Å². The van der Waals surface area contributed by atoms with Gasteiger partial charge in [-0.3, -0.25) is 5.10 Å². The van der Waals surface area contributed by atoms with E-state index in [1.807, 2.05) is 0 Å². The van der Waals surface area contributed by atoms with Gasteiger partial charge in [0.05, 0.1) is 11.9 Å². The minimum atomic E-state index is -0.690. The van der Waals surface area contributed by atoms with Crippen LogP contribution in [-0.4, -0.2) is 15.2 Å². The van der Waals surface area contributed by atoms with E-state index >= 15 is 0 Å². The Morgan fingerprint density at radius 1 is 1.21 bits per heavy atom. The summed E-state index contributed by atoms with van der Waals surface area (Å²) in [4.78, 5) is 3.89. The third kappa shape index (κ3) is 2.22. The van der Waals surface area contributed by atoms with Crippen LogP contribution in [0.5, 0.6) is 0 Å². The first kappa shape index (κ1) is 11.9. The number of nitrogens with zero attached hydrogens (tertiary/aromatic N) is 2. The number of aromatic nitrogens is 3. The van der Waals surface area contributed by atoms with E-state index in [0.717, 1.165) is 6.07 Å². The van der Waals surface area contributed by atoms with Crippen molar-refractivity contribution in [2.24, 2.45) is 0 Å². The van der Waals surface area contributed by atoms with Gasteiger partial charge in [0.15, 0.2) is 11.6 Å². The largest absolute Gasteiger partial charge is 0.337 e. The topological polar surface area (TPSA) is 53.6 Å². The van der Waals surface area contributed by atoms with Crippen molar-refractivity contribution < 1.29 is 8.78 Å². The second-order valence-corrected chi connectivity index (χ2v) is 4.26. The van der Waals surface area contributed by atoms with E-state index in [2.05, 4.69) is 20.5 Å². The Labute approximate surface area is 111 Å². The Morgan fingerprint density at radius 2 is 2.05 bits per heavy atom. The molecule has 3 rings (SSSR count). The van der Waals surface area contributed by atoms with E-state index in [-0.39, 0.29) is 5.52 Å². The predicted octanol–water partition coefficient (Wildman–Crippen LogP) is 3.63. The zero-order valence-electron chi connectivity index (χ0n) is 9.42. The molecule has 0 unspecified atom stereocenters. The van der Waals surface area contributed by atoms with Crippen LogP contribution in [0.1, 0.15) is 0 Å². The summed E-state index contributed by atoms with van der Waals surface area (Å²) >= 11 is 5.67. The van der Waals surface area contributed by atoms with Crippen molar-refractivity contribution in [1.29, 1.82) is 0 Å². The maximum absolute atomic E-state index is 13.5. The summed E-state index contributed by atoms with van der Waals surface area (Å²) in [6.45, 7) is 0. The highest BCUT2D eigenvalue weighted by molar-refractivity contribution is 6.29. The molecule has 19 heavy (non-hydrogen) atoms. The summed E-state index contributed by atoms with van der Waals surface area (Å²) in [6, 6.07) is 5.28. The molecule has 2 N–H and O–H groups in total. The van der Waals surface area contributed by atoms with Crippen molar-refractivity contribution in [3.05, 3.63) is 47.2 Å². The number of halogens is 3. The molecule has 2 heterocycles. The average Bonchev–Trinajstić information content (AvgIpc) is 2.76. The Morgan fingerprint density at radius 3 is 2.79 bits per heavy atom. The summed E-state index contributed by atoms with van der Waals surface area (Å²) in [6.07, 6.45) is 1.50. The molecule has 0 aliphatic rings. The van der Waals surface area contributed by atoms with Crippen LogP contribution in [-0.2, 0) is 0 Å². The Kier molecular flexibility index (Phi) is 2.79. The second-order valence-electron chi connectivity index (χ2n) is 3.88. The Balaban J connectivity index is 2.03. The summed E-state index contributed by atoms with van der Waals surface area (Å²) in [5.41, 5.74) is 0.758. The molecule has 3 aromatic rings. The molecule has 0 amide bonds. The quantitative estimate of drug-likeness (QED) is 0.705. The SMILES string of the molecule is Fc1cc(F)c2[nH]nc(Nc3ccc(Cl)nc3)c2c1. The minimum absolute atomic E-state index is 0.144. The van der Waals surface area contributed by atoms with Gasteiger partial charge >= 0.3 is 0 Å². The number of nitrogens with one attached hydrogen (secondary N) is 2. The van der Waals surface area contributed by atoms with E-state index in [4.69, 9.17) is 11.6 Å². The van der Waals surface area contributed by atoms with E-state index in [9.17, 15) is 8.78 Å². The number of fused-ring (bicyclic) bond motifs is 1. The lowest BCUT2D eigenvalue weighted by molar-refractivity contribution is 0.590. The number of H-pyrrole nitrogens is 1. The number of aromatic amines is 1. The molecule has 0 spiro atoms. The maximum atomic E-state index is 13.5. The fourth-order valence-electron chi connectivity index (χ4n) is 1.73. The van der Waals surface area contributed by atoms with E-state index in [1.165, 1.54) is 12.3 Å². The fraction of sp³-hybridized carbons (Fsp3) is 0. The second kappa shape index (κ2) is 4.47. The van der Waals surface area contributed by atoms with Crippen LogP contribution >= 0.6 is 11.6 Å². The van der Waals surface area contributed by atoms with Gasteiger partial charge in [0, 0.05) is 11.5 Å². The lowest BCUT2D eigenvalue weighted by atomic mass is 10.2. The van der Waals surface area contributed by atoms with Crippen molar-refractivity contribution in [3.63, 3.8) is 0 Å². The van der Waals surface area contributed by atoms with Crippen molar-refractivity contribution in [3.8, 4) is 0 Å². The standard InChI is InChI=1S/C12H7ClF2N4/c13-10-2-1-7(5-16-10)17-12-8-3-6(14)4-9(15)11(8)18-19-12/h1-5H,(H2,17,18,19). The van der Waals surface area contributed by atoms with Gasteiger partial charge in [-0.05, 0) is 18.2 Å². The highest BCUT2D eigenvalue weighted by atomic mass is 35.5. The molecule has 0 radical (unpaired) electrons. The smallest absolute Gasteiger partial charge is 0.160 e. The molecular weight excluding hydrogens is 274 g/mol. The molecule has 7 heteroatoms. The van der Waals surface area contributed by atoms with Crippen LogP contribution in [0.4, 0.5) is 20.3 Å². The molecular formula is C12H7ClF2N4. The van der Waals surface area contributed by atoms with Crippen LogP contribution in [0.2, 0.25) is 5.15 Å². The van der Waals surface area contributed by atoms with Crippen LogP contribution in [0.15, 0.2) is 30.5 Å². The van der Waals surface area contributed by atoms with Crippen LogP contribution in [0.3, 0.4) is 0 Å². The van der Waals surface area contributed by atoms with Crippen molar-refractivity contribution in [2.75, 3.05) is 5.32 Å². The first-order valence-corrected chi connectivity index (χ1v) is 5.73. The van der Waals surface area contributed by atoms with Crippen molar-refractivity contribution >= 4 is 34.0 Å². The fourth-order valence-corrected chi connectivity index (χ4v) is 1.84. The van der Waals surface area contributed by atoms with Gasteiger partial charge in [0.1, 0.15) is 16.5 Å².